The molecule has 1 atom stereocenters. The van der Waals surface area contributed by atoms with E-state index in [0.717, 1.165) is 11.8 Å². The second-order valence-corrected chi connectivity index (χ2v) is 7.66. The molecule has 0 bridgehead atoms. The SMILES string of the molecule is O=C([O-])C[C@H](c1ccccc1)N1C(=O)/C(=C/c2ccccc2Cl)SC1=S. The second kappa shape index (κ2) is 8.03. The molecule has 3 rings (SSSR count). The summed E-state index contributed by atoms with van der Waals surface area (Å²) in [6.07, 6.45) is 1.33. The summed E-state index contributed by atoms with van der Waals surface area (Å²) in [7, 11) is 0. The van der Waals surface area contributed by atoms with Gasteiger partial charge in [0.1, 0.15) is 4.32 Å². The molecule has 4 nitrogen and oxygen atoms in total. The highest BCUT2D eigenvalue weighted by atomic mass is 35.5. The standard InChI is InChI=1S/C19H14ClNO3S2/c20-14-9-5-4-8-13(14)10-16-18(24)21(19(25)26-16)15(11-17(22)23)12-6-2-1-3-7-12/h1-10,15H,11H2,(H,22,23)/p-1/b16-10-/t15-/m1/s1. The predicted octanol–water partition coefficient (Wildman–Crippen LogP) is 3.42. The van der Waals surface area contributed by atoms with Crippen LogP contribution in [0.2, 0.25) is 5.02 Å². The number of benzene rings is 2. The third-order valence-corrected chi connectivity index (χ3v) is 5.55. The summed E-state index contributed by atoms with van der Waals surface area (Å²) in [5.41, 5.74) is 1.39. The maximum absolute atomic E-state index is 12.9. The van der Waals surface area contributed by atoms with Gasteiger partial charge in [-0.1, -0.05) is 84.1 Å². The lowest BCUT2D eigenvalue weighted by molar-refractivity contribution is -0.306. The van der Waals surface area contributed by atoms with E-state index < -0.39 is 12.0 Å². The molecule has 0 radical (unpaired) electrons. The molecule has 2 aromatic rings. The molecule has 7 heteroatoms. The molecule has 1 fully saturated rings. The predicted molar refractivity (Wildman–Crippen MR) is 105 cm³/mol. The van der Waals surface area contributed by atoms with Gasteiger partial charge in [-0.05, 0) is 23.3 Å². The maximum Gasteiger partial charge on any atom is 0.266 e. The van der Waals surface area contributed by atoms with Crippen molar-refractivity contribution in [3.8, 4) is 0 Å². The number of carbonyl (C=O) groups excluding carboxylic acids is 2. The van der Waals surface area contributed by atoms with E-state index >= 15 is 0 Å². The van der Waals surface area contributed by atoms with E-state index in [4.69, 9.17) is 23.8 Å². The maximum atomic E-state index is 12.9. The minimum Gasteiger partial charge on any atom is -0.550 e. The van der Waals surface area contributed by atoms with Gasteiger partial charge in [-0.25, -0.2) is 0 Å². The monoisotopic (exact) mass is 402 g/mol. The smallest absolute Gasteiger partial charge is 0.266 e. The molecule has 1 heterocycles. The number of hydrogen-bond donors (Lipinski definition) is 0. The Bertz CT molecular complexity index is 899. The lowest BCUT2D eigenvalue weighted by atomic mass is 10.0. The molecular formula is C19H13ClNO3S2-. The number of aliphatic carboxylic acids is 1. The number of carbonyl (C=O) groups is 2. The fourth-order valence-corrected chi connectivity index (χ4v) is 4.21. The van der Waals surface area contributed by atoms with Crippen LogP contribution in [0.5, 0.6) is 0 Å². The first kappa shape index (κ1) is 18.6. The van der Waals surface area contributed by atoms with E-state index in [1.165, 1.54) is 4.90 Å². The minimum atomic E-state index is -1.25. The zero-order valence-corrected chi connectivity index (χ0v) is 15.8. The Labute approximate surface area is 165 Å². The quantitative estimate of drug-likeness (QED) is 0.566. The van der Waals surface area contributed by atoms with Crippen LogP contribution in [0.15, 0.2) is 59.5 Å². The number of thiocarbonyl (C=S) groups is 1. The summed E-state index contributed by atoms with van der Waals surface area (Å²) < 4.78 is 0.309. The van der Waals surface area contributed by atoms with Gasteiger partial charge in [0, 0.05) is 17.4 Å². The molecule has 1 saturated heterocycles. The molecule has 0 N–H and O–H groups in total. The van der Waals surface area contributed by atoms with Crippen molar-refractivity contribution in [2.75, 3.05) is 0 Å². The van der Waals surface area contributed by atoms with E-state index in [9.17, 15) is 14.7 Å². The lowest BCUT2D eigenvalue weighted by Crippen LogP contribution is -2.37. The van der Waals surface area contributed by atoms with Crippen LogP contribution < -0.4 is 5.11 Å². The van der Waals surface area contributed by atoms with Crippen molar-refractivity contribution in [3.05, 3.63) is 75.7 Å². The van der Waals surface area contributed by atoms with Gasteiger partial charge in [-0.2, -0.15) is 0 Å². The molecule has 0 unspecified atom stereocenters. The normalized spacial score (nSPS) is 17.0. The zero-order chi connectivity index (χ0) is 18.7. The number of carboxylic acids is 1. The second-order valence-electron chi connectivity index (χ2n) is 5.58. The number of thioether (sulfide) groups is 1. The van der Waals surface area contributed by atoms with Crippen molar-refractivity contribution in [2.24, 2.45) is 0 Å². The van der Waals surface area contributed by atoms with Crippen LogP contribution >= 0.6 is 35.6 Å². The number of halogens is 1. The molecular weight excluding hydrogens is 390 g/mol. The highest BCUT2D eigenvalue weighted by molar-refractivity contribution is 8.26. The Balaban J connectivity index is 1.96. The van der Waals surface area contributed by atoms with Gasteiger partial charge in [-0.15, -0.1) is 0 Å². The van der Waals surface area contributed by atoms with Crippen molar-refractivity contribution in [3.63, 3.8) is 0 Å². The zero-order valence-electron chi connectivity index (χ0n) is 13.4. The summed E-state index contributed by atoms with van der Waals surface area (Å²) in [6.45, 7) is 0. The van der Waals surface area contributed by atoms with Crippen LogP contribution in [-0.4, -0.2) is 21.1 Å². The van der Waals surface area contributed by atoms with Gasteiger partial charge in [0.05, 0.1) is 10.9 Å². The summed E-state index contributed by atoms with van der Waals surface area (Å²) in [6, 6.07) is 15.4. The van der Waals surface area contributed by atoms with E-state index in [1.54, 1.807) is 48.5 Å². The van der Waals surface area contributed by atoms with Gasteiger partial charge in [0.25, 0.3) is 5.91 Å². The number of hydrogen-bond acceptors (Lipinski definition) is 5. The summed E-state index contributed by atoms with van der Waals surface area (Å²) in [4.78, 5) is 25.9. The Morgan fingerprint density at radius 3 is 2.50 bits per heavy atom. The van der Waals surface area contributed by atoms with Gasteiger partial charge in [0.2, 0.25) is 0 Å². The van der Waals surface area contributed by atoms with Crippen LogP contribution in [0.4, 0.5) is 0 Å². The van der Waals surface area contributed by atoms with Crippen LogP contribution in [0.3, 0.4) is 0 Å². The van der Waals surface area contributed by atoms with Gasteiger partial charge in [-0.3, -0.25) is 9.69 Å². The molecule has 1 aliphatic rings. The first-order valence-electron chi connectivity index (χ1n) is 7.74. The highest BCUT2D eigenvalue weighted by Crippen LogP contribution is 2.39. The molecule has 0 aliphatic carbocycles. The Morgan fingerprint density at radius 2 is 1.85 bits per heavy atom. The lowest BCUT2D eigenvalue weighted by Gasteiger charge is -2.27. The Kier molecular flexibility index (Phi) is 5.76. The molecule has 1 amide bonds. The number of amides is 1. The average Bonchev–Trinajstić information content (AvgIpc) is 2.89. The van der Waals surface area contributed by atoms with Gasteiger partial charge >= 0.3 is 0 Å². The Hall–Kier alpha value is -2.15. The van der Waals surface area contributed by atoms with Crippen LogP contribution in [0.25, 0.3) is 6.08 Å². The average molecular weight is 403 g/mol. The molecule has 26 heavy (non-hydrogen) atoms. The van der Waals surface area contributed by atoms with Crippen molar-refractivity contribution in [1.82, 2.24) is 4.90 Å². The van der Waals surface area contributed by atoms with Crippen molar-refractivity contribution < 1.29 is 14.7 Å². The molecule has 0 spiro atoms. The van der Waals surface area contributed by atoms with E-state index in [0.29, 0.717) is 25.4 Å². The first-order chi connectivity index (χ1) is 12.5. The van der Waals surface area contributed by atoms with E-state index in [1.807, 2.05) is 12.1 Å². The Morgan fingerprint density at radius 1 is 1.19 bits per heavy atom. The fourth-order valence-electron chi connectivity index (χ4n) is 2.67. The minimum absolute atomic E-state index is 0.309. The number of carboxylic acid groups (broad SMARTS) is 1. The largest absolute Gasteiger partial charge is 0.550 e. The topological polar surface area (TPSA) is 60.4 Å². The summed E-state index contributed by atoms with van der Waals surface area (Å²) in [5, 5.41) is 11.8. The summed E-state index contributed by atoms with van der Waals surface area (Å²) >= 11 is 12.6. The van der Waals surface area contributed by atoms with E-state index in [2.05, 4.69) is 0 Å². The molecule has 2 aromatic carbocycles. The first-order valence-corrected chi connectivity index (χ1v) is 9.34. The van der Waals surface area contributed by atoms with Crippen LogP contribution in [0, 0.1) is 0 Å². The molecule has 1 aliphatic heterocycles. The van der Waals surface area contributed by atoms with Crippen molar-refractivity contribution >= 4 is 57.9 Å². The van der Waals surface area contributed by atoms with Crippen LogP contribution in [-0.2, 0) is 9.59 Å². The third kappa shape index (κ3) is 3.98. The molecule has 0 saturated carbocycles. The summed E-state index contributed by atoms with van der Waals surface area (Å²) in [5.74, 6) is -1.59. The number of rotatable bonds is 5. The van der Waals surface area contributed by atoms with Crippen molar-refractivity contribution in [1.29, 1.82) is 0 Å². The molecule has 132 valence electrons. The van der Waals surface area contributed by atoms with Crippen molar-refractivity contribution in [2.45, 2.75) is 12.5 Å². The van der Waals surface area contributed by atoms with Gasteiger partial charge in [0.15, 0.2) is 0 Å². The third-order valence-electron chi connectivity index (χ3n) is 3.87. The molecule has 0 aromatic heterocycles. The fraction of sp³-hybridized carbons (Fsp3) is 0.105. The number of nitrogens with zero attached hydrogens (tertiary/aromatic N) is 1. The highest BCUT2D eigenvalue weighted by Gasteiger charge is 2.37. The van der Waals surface area contributed by atoms with E-state index in [-0.39, 0.29) is 12.3 Å². The van der Waals surface area contributed by atoms with Crippen LogP contribution in [0.1, 0.15) is 23.6 Å². The van der Waals surface area contributed by atoms with Gasteiger partial charge < -0.3 is 9.90 Å².